The van der Waals surface area contributed by atoms with Crippen LogP contribution in [0.3, 0.4) is 0 Å². The topological polar surface area (TPSA) is 58.2 Å². The molecule has 6 heteroatoms. The summed E-state index contributed by atoms with van der Waals surface area (Å²) < 4.78 is 27.8. The van der Waals surface area contributed by atoms with Gasteiger partial charge in [0, 0.05) is 17.5 Å². The summed E-state index contributed by atoms with van der Waals surface area (Å²) in [5.74, 6) is 0.525. The molecule has 0 amide bonds. The largest absolute Gasteiger partial charge is 0.312 e. The first-order chi connectivity index (χ1) is 8.97. The Morgan fingerprint density at radius 3 is 2.74 bits per heavy atom. The zero-order valence-corrected chi connectivity index (χ0v) is 13.3. The average molecular weight is 302 g/mol. The summed E-state index contributed by atoms with van der Waals surface area (Å²) in [6, 6.07) is 1.93. The molecule has 0 radical (unpaired) electrons. The summed E-state index contributed by atoms with van der Waals surface area (Å²) >= 11 is 1.37. The van der Waals surface area contributed by atoms with E-state index in [0.717, 1.165) is 36.4 Å². The lowest BCUT2D eigenvalue weighted by molar-refractivity contribution is 0.578. The molecule has 2 unspecified atom stereocenters. The zero-order chi connectivity index (χ0) is 14.0. The third-order valence-electron chi connectivity index (χ3n) is 3.55. The molecule has 0 saturated heterocycles. The number of thiophene rings is 1. The van der Waals surface area contributed by atoms with Crippen LogP contribution in [-0.2, 0) is 16.6 Å². The summed E-state index contributed by atoms with van der Waals surface area (Å²) in [5.41, 5.74) is 1.05. The molecule has 2 rings (SSSR count). The van der Waals surface area contributed by atoms with Gasteiger partial charge in [0.25, 0.3) is 0 Å². The Bertz CT molecular complexity index is 537. The number of hydrogen-bond donors (Lipinski definition) is 2. The van der Waals surface area contributed by atoms with Crippen molar-refractivity contribution in [3.05, 3.63) is 16.5 Å². The number of sulfonamides is 1. The van der Waals surface area contributed by atoms with Crippen molar-refractivity contribution >= 4 is 21.4 Å². The van der Waals surface area contributed by atoms with Crippen LogP contribution in [0.25, 0.3) is 0 Å². The van der Waals surface area contributed by atoms with Crippen LogP contribution < -0.4 is 10.0 Å². The van der Waals surface area contributed by atoms with Crippen LogP contribution in [-0.4, -0.2) is 21.0 Å². The molecule has 0 aliphatic heterocycles. The highest BCUT2D eigenvalue weighted by atomic mass is 32.2. The Morgan fingerprint density at radius 1 is 1.42 bits per heavy atom. The number of aryl methyl sites for hydroxylation is 1. The summed E-state index contributed by atoms with van der Waals surface area (Å²) in [6.07, 6.45) is 2.02. The molecule has 0 aromatic carbocycles. The number of hydrogen-bond acceptors (Lipinski definition) is 4. The van der Waals surface area contributed by atoms with E-state index in [9.17, 15) is 8.42 Å². The van der Waals surface area contributed by atoms with Crippen LogP contribution in [0.2, 0.25) is 0 Å². The van der Waals surface area contributed by atoms with E-state index in [1.165, 1.54) is 11.3 Å². The molecular weight excluding hydrogens is 280 g/mol. The van der Waals surface area contributed by atoms with E-state index in [-0.39, 0.29) is 6.04 Å². The van der Waals surface area contributed by atoms with Crippen molar-refractivity contribution in [2.75, 3.05) is 6.54 Å². The van der Waals surface area contributed by atoms with Crippen molar-refractivity contribution in [1.29, 1.82) is 0 Å². The summed E-state index contributed by atoms with van der Waals surface area (Å²) in [6.45, 7) is 7.73. The predicted octanol–water partition coefficient (Wildman–Crippen LogP) is 2.24. The van der Waals surface area contributed by atoms with Crippen molar-refractivity contribution in [2.24, 2.45) is 5.92 Å². The third-order valence-corrected chi connectivity index (χ3v) is 6.75. The standard InChI is InChI=1S/C13H22N2O2S2/c1-4-10-7-11(10)15-19(16,17)13-6-9(3)12(18-13)8-14-5-2/h6,10-11,14-15H,4-5,7-8H2,1-3H3. The Hall–Kier alpha value is -0.430. The Balaban J connectivity index is 2.08. The normalized spacial score (nSPS) is 22.7. The highest BCUT2D eigenvalue weighted by Gasteiger charge is 2.39. The second kappa shape index (κ2) is 5.91. The van der Waals surface area contributed by atoms with Crippen molar-refractivity contribution in [1.82, 2.24) is 10.0 Å². The van der Waals surface area contributed by atoms with E-state index in [4.69, 9.17) is 0 Å². The minimum Gasteiger partial charge on any atom is -0.312 e. The first-order valence-electron chi connectivity index (χ1n) is 6.80. The van der Waals surface area contributed by atoms with E-state index >= 15 is 0 Å². The molecule has 1 aliphatic carbocycles. The second-order valence-corrected chi connectivity index (χ2v) is 8.16. The van der Waals surface area contributed by atoms with E-state index in [1.54, 1.807) is 6.07 Å². The lowest BCUT2D eigenvalue weighted by atomic mass is 10.3. The first-order valence-corrected chi connectivity index (χ1v) is 9.10. The summed E-state index contributed by atoms with van der Waals surface area (Å²) in [5, 5.41) is 3.23. The van der Waals surface area contributed by atoms with Gasteiger partial charge in [0.1, 0.15) is 4.21 Å². The van der Waals surface area contributed by atoms with E-state index < -0.39 is 10.0 Å². The van der Waals surface area contributed by atoms with Gasteiger partial charge in [0.05, 0.1) is 0 Å². The first kappa shape index (κ1) is 15.0. The molecule has 1 heterocycles. The van der Waals surface area contributed by atoms with E-state index in [1.807, 2.05) is 13.8 Å². The minimum absolute atomic E-state index is 0.148. The maximum Gasteiger partial charge on any atom is 0.250 e. The monoisotopic (exact) mass is 302 g/mol. The lowest BCUT2D eigenvalue weighted by Crippen LogP contribution is -2.26. The molecule has 2 atom stereocenters. The van der Waals surface area contributed by atoms with Crippen molar-refractivity contribution < 1.29 is 8.42 Å². The summed E-state index contributed by atoms with van der Waals surface area (Å²) in [4.78, 5) is 1.10. The molecule has 0 bridgehead atoms. The fourth-order valence-electron chi connectivity index (χ4n) is 2.14. The predicted molar refractivity (Wildman–Crippen MR) is 78.9 cm³/mol. The van der Waals surface area contributed by atoms with Gasteiger partial charge in [-0.1, -0.05) is 20.3 Å². The molecule has 1 aliphatic rings. The van der Waals surface area contributed by atoms with Crippen molar-refractivity contribution in [3.8, 4) is 0 Å². The van der Waals surface area contributed by atoms with Gasteiger partial charge >= 0.3 is 0 Å². The van der Waals surface area contributed by atoms with Gasteiger partial charge in [-0.2, -0.15) is 0 Å². The van der Waals surface area contributed by atoms with E-state index in [2.05, 4.69) is 17.0 Å². The van der Waals surface area contributed by atoms with Gasteiger partial charge in [-0.05, 0) is 37.4 Å². The van der Waals surface area contributed by atoms with Crippen LogP contribution in [0.15, 0.2) is 10.3 Å². The van der Waals surface area contributed by atoms with Crippen molar-refractivity contribution in [3.63, 3.8) is 0 Å². The van der Waals surface area contributed by atoms with Gasteiger partial charge < -0.3 is 5.32 Å². The highest BCUT2D eigenvalue weighted by Crippen LogP contribution is 2.35. The smallest absolute Gasteiger partial charge is 0.250 e. The Morgan fingerprint density at radius 2 is 2.16 bits per heavy atom. The maximum atomic E-state index is 12.3. The Labute approximate surface area is 119 Å². The molecular formula is C13H22N2O2S2. The third kappa shape index (κ3) is 3.56. The highest BCUT2D eigenvalue weighted by molar-refractivity contribution is 7.91. The van der Waals surface area contributed by atoms with Crippen LogP contribution in [0, 0.1) is 12.8 Å². The van der Waals surface area contributed by atoms with Gasteiger partial charge in [0.2, 0.25) is 10.0 Å². The fourth-order valence-corrected chi connectivity index (χ4v) is 5.03. The second-order valence-electron chi connectivity index (χ2n) is 5.08. The van der Waals surface area contributed by atoms with Crippen LogP contribution in [0.5, 0.6) is 0 Å². The quantitative estimate of drug-likeness (QED) is 0.812. The molecule has 1 aromatic rings. The molecule has 1 saturated carbocycles. The van der Waals surface area contributed by atoms with Crippen LogP contribution in [0.1, 0.15) is 37.1 Å². The molecule has 4 nitrogen and oxygen atoms in total. The molecule has 108 valence electrons. The van der Waals surface area contributed by atoms with Crippen molar-refractivity contribution in [2.45, 2.75) is 50.4 Å². The van der Waals surface area contributed by atoms with Gasteiger partial charge in [-0.3, -0.25) is 0 Å². The molecule has 19 heavy (non-hydrogen) atoms. The lowest BCUT2D eigenvalue weighted by Gasteiger charge is -2.03. The average Bonchev–Trinajstić information content (AvgIpc) is 2.98. The molecule has 2 N–H and O–H groups in total. The fraction of sp³-hybridized carbons (Fsp3) is 0.692. The maximum absolute atomic E-state index is 12.3. The van der Waals surface area contributed by atoms with Crippen LogP contribution in [0.4, 0.5) is 0 Å². The SMILES string of the molecule is CCNCc1sc(S(=O)(=O)NC2CC2CC)cc1C. The summed E-state index contributed by atoms with van der Waals surface area (Å²) in [7, 11) is -3.33. The van der Waals surface area contributed by atoms with Gasteiger partial charge in [-0.15, -0.1) is 11.3 Å². The molecule has 0 spiro atoms. The minimum atomic E-state index is -3.33. The van der Waals surface area contributed by atoms with Gasteiger partial charge in [0.15, 0.2) is 0 Å². The number of rotatable bonds is 7. The molecule has 1 fully saturated rings. The molecule has 1 aromatic heterocycles. The Kier molecular flexibility index (Phi) is 4.66. The zero-order valence-electron chi connectivity index (χ0n) is 11.7. The van der Waals surface area contributed by atoms with E-state index in [0.29, 0.717) is 10.1 Å². The van der Waals surface area contributed by atoms with Crippen LogP contribution >= 0.6 is 11.3 Å². The number of nitrogens with one attached hydrogen (secondary N) is 2. The van der Waals surface area contributed by atoms with Gasteiger partial charge in [-0.25, -0.2) is 13.1 Å².